The van der Waals surface area contributed by atoms with Crippen LogP contribution in [0, 0.1) is 0 Å². The Labute approximate surface area is 159 Å². The number of hydrogen-bond acceptors (Lipinski definition) is 6. The van der Waals surface area contributed by atoms with Crippen LogP contribution < -0.4 is 20.7 Å². The summed E-state index contributed by atoms with van der Waals surface area (Å²) in [6, 6.07) is 5.71. The molecule has 2 heterocycles. The highest BCUT2D eigenvalue weighted by Crippen LogP contribution is 2.45. The number of H-pyrrole nitrogens is 2. The maximum absolute atomic E-state index is 12.4. The molecule has 8 heteroatoms. The van der Waals surface area contributed by atoms with E-state index in [1.807, 2.05) is 24.5 Å². The molecule has 1 aliphatic carbocycles. The van der Waals surface area contributed by atoms with Gasteiger partial charge in [-0.1, -0.05) is 0 Å². The molecule has 140 valence electrons. The van der Waals surface area contributed by atoms with Gasteiger partial charge in [-0.15, -0.1) is 11.8 Å². The van der Waals surface area contributed by atoms with E-state index in [-0.39, 0.29) is 5.52 Å². The SMILES string of the molecule is COc1cc(-c2cc(C3CC3)c3[nH]c(=O)[nH]c(=O)c3n2)c(OC)cc1SC. The van der Waals surface area contributed by atoms with Crippen molar-refractivity contribution in [3.05, 3.63) is 44.6 Å². The fourth-order valence-corrected chi connectivity index (χ4v) is 3.82. The minimum Gasteiger partial charge on any atom is -0.496 e. The Morgan fingerprint density at radius 3 is 2.44 bits per heavy atom. The van der Waals surface area contributed by atoms with E-state index in [9.17, 15) is 9.59 Å². The number of methoxy groups -OCH3 is 2. The lowest BCUT2D eigenvalue weighted by Crippen LogP contribution is -2.23. The first-order valence-electron chi connectivity index (χ1n) is 8.53. The number of pyridine rings is 1. The van der Waals surface area contributed by atoms with Crippen LogP contribution in [0.5, 0.6) is 11.5 Å². The van der Waals surface area contributed by atoms with Crippen LogP contribution in [-0.2, 0) is 0 Å². The monoisotopic (exact) mass is 385 g/mol. The molecule has 1 aromatic carbocycles. The minimum absolute atomic E-state index is 0.226. The fraction of sp³-hybridized carbons (Fsp3) is 0.316. The lowest BCUT2D eigenvalue weighted by atomic mass is 10.0. The van der Waals surface area contributed by atoms with Crippen LogP contribution in [0.15, 0.2) is 32.7 Å². The number of nitrogens with one attached hydrogen (secondary N) is 2. The number of thioether (sulfide) groups is 1. The molecule has 27 heavy (non-hydrogen) atoms. The number of fused-ring (bicyclic) bond motifs is 1. The molecule has 1 aliphatic rings. The Morgan fingerprint density at radius 2 is 1.81 bits per heavy atom. The molecule has 0 aliphatic heterocycles. The van der Waals surface area contributed by atoms with Crippen LogP contribution in [0.4, 0.5) is 0 Å². The zero-order chi connectivity index (χ0) is 19.1. The molecule has 0 saturated heterocycles. The topological polar surface area (TPSA) is 97.1 Å². The van der Waals surface area contributed by atoms with Gasteiger partial charge in [0, 0.05) is 5.56 Å². The summed E-state index contributed by atoms with van der Waals surface area (Å²) in [6.07, 6.45) is 4.02. The van der Waals surface area contributed by atoms with E-state index in [1.165, 1.54) is 0 Å². The summed E-state index contributed by atoms with van der Waals surface area (Å²) in [5.41, 5.74) is 2.02. The van der Waals surface area contributed by atoms with Crippen molar-refractivity contribution in [2.75, 3.05) is 20.5 Å². The Morgan fingerprint density at radius 1 is 1.07 bits per heavy atom. The van der Waals surface area contributed by atoms with E-state index in [0.29, 0.717) is 28.6 Å². The summed E-state index contributed by atoms with van der Waals surface area (Å²) >= 11 is 1.56. The van der Waals surface area contributed by atoms with Crippen LogP contribution in [0.3, 0.4) is 0 Å². The molecular weight excluding hydrogens is 366 g/mol. The van der Waals surface area contributed by atoms with Gasteiger partial charge in [-0.05, 0) is 48.8 Å². The van der Waals surface area contributed by atoms with Crippen LogP contribution in [-0.4, -0.2) is 35.4 Å². The van der Waals surface area contributed by atoms with Crippen molar-refractivity contribution in [1.82, 2.24) is 15.0 Å². The molecule has 4 rings (SSSR count). The van der Waals surface area contributed by atoms with Gasteiger partial charge in [0.25, 0.3) is 5.56 Å². The first kappa shape index (κ1) is 17.7. The lowest BCUT2D eigenvalue weighted by molar-refractivity contribution is 0.395. The fourth-order valence-electron chi connectivity index (χ4n) is 3.25. The van der Waals surface area contributed by atoms with E-state index in [0.717, 1.165) is 28.9 Å². The third-order valence-corrected chi connectivity index (χ3v) is 5.49. The minimum atomic E-state index is -0.521. The summed E-state index contributed by atoms with van der Waals surface area (Å²) in [6.45, 7) is 0. The second kappa shape index (κ2) is 6.77. The standard InChI is InChI=1S/C19H19N3O4S/c1-25-13-8-15(27-3)14(26-2)7-11(13)12-6-10(9-4-5-9)16-17(20-12)18(23)22-19(24)21-16/h6-9H,4-5H2,1-3H3,(H2,21,22,23,24). The van der Waals surface area contributed by atoms with Crippen molar-refractivity contribution in [3.8, 4) is 22.8 Å². The molecule has 0 amide bonds. The first-order chi connectivity index (χ1) is 13.0. The van der Waals surface area contributed by atoms with Gasteiger partial charge < -0.3 is 14.5 Å². The largest absolute Gasteiger partial charge is 0.496 e. The summed E-state index contributed by atoms with van der Waals surface area (Å²) < 4.78 is 11.1. The second-order valence-electron chi connectivity index (χ2n) is 6.41. The molecule has 1 fully saturated rings. The van der Waals surface area contributed by atoms with Gasteiger partial charge in [0.15, 0.2) is 5.52 Å². The van der Waals surface area contributed by atoms with Crippen molar-refractivity contribution in [2.24, 2.45) is 0 Å². The van der Waals surface area contributed by atoms with Crippen LogP contribution in [0.25, 0.3) is 22.3 Å². The average molecular weight is 385 g/mol. The summed E-state index contributed by atoms with van der Waals surface area (Å²) in [7, 11) is 3.22. The highest BCUT2D eigenvalue weighted by Gasteiger charge is 2.28. The van der Waals surface area contributed by atoms with Gasteiger partial charge in [0.1, 0.15) is 11.5 Å². The van der Waals surface area contributed by atoms with Crippen LogP contribution in [0.2, 0.25) is 0 Å². The number of ether oxygens (including phenoxy) is 2. The van der Waals surface area contributed by atoms with Crippen molar-refractivity contribution in [2.45, 2.75) is 23.7 Å². The number of hydrogen-bond donors (Lipinski definition) is 2. The summed E-state index contributed by atoms with van der Waals surface area (Å²) in [5.74, 6) is 1.68. The van der Waals surface area contributed by atoms with E-state index >= 15 is 0 Å². The summed E-state index contributed by atoms with van der Waals surface area (Å²) in [5, 5.41) is 0. The van der Waals surface area contributed by atoms with Crippen LogP contribution in [0.1, 0.15) is 24.3 Å². The molecule has 2 aromatic heterocycles. The lowest BCUT2D eigenvalue weighted by Gasteiger charge is -2.15. The Kier molecular flexibility index (Phi) is 4.43. The molecule has 0 spiro atoms. The van der Waals surface area contributed by atoms with Gasteiger partial charge in [0.2, 0.25) is 0 Å². The predicted octanol–water partition coefficient (Wildman–Crippen LogP) is 2.89. The van der Waals surface area contributed by atoms with E-state index in [2.05, 4.69) is 15.0 Å². The van der Waals surface area contributed by atoms with E-state index < -0.39 is 11.2 Å². The third-order valence-electron chi connectivity index (χ3n) is 4.73. The number of aromatic amines is 2. The molecule has 0 bridgehead atoms. The molecule has 3 aromatic rings. The molecule has 7 nitrogen and oxygen atoms in total. The van der Waals surface area contributed by atoms with Crippen molar-refractivity contribution in [1.29, 1.82) is 0 Å². The van der Waals surface area contributed by atoms with Crippen molar-refractivity contribution < 1.29 is 9.47 Å². The number of aromatic nitrogens is 3. The molecule has 0 unspecified atom stereocenters. The van der Waals surface area contributed by atoms with E-state index in [4.69, 9.17) is 9.47 Å². The van der Waals surface area contributed by atoms with Gasteiger partial charge in [0.05, 0.1) is 30.3 Å². The van der Waals surface area contributed by atoms with Crippen molar-refractivity contribution in [3.63, 3.8) is 0 Å². The van der Waals surface area contributed by atoms with Gasteiger partial charge in [-0.25, -0.2) is 9.78 Å². The highest BCUT2D eigenvalue weighted by atomic mass is 32.2. The van der Waals surface area contributed by atoms with E-state index in [1.54, 1.807) is 26.0 Å². The Balaban J connectivity index is 2.02. The normalized spacial score (nSPS) is 13.7. The van der Waals surface area contributed by atoms with Gasteiger partial charge in [-0.3, -0.25) is 9.78 Å². The first-order valence-corrected chi connectivity index (χ1v) is 9.75. The molecule has 2 N–H and O–H groups in total. The highest BCUT2D eigenvalue weighted by molar-refractivity contribution is 7.98. The average Bonchev–Trinajstić information content (AvgIpc) is 3.51. The number of rotatable bonds is 5. The molecule has 1 saturated carbocycles. The second-order valence-corrected chi connectivity index (χ2v) is 7.26. The molecular formula is C19H19N3O4S. The van der Waals surface area contributed by atoms with Crippen molar-refractivity contribution >= 4 is 22.8 Å². The zero-order valence-electron chi connectivity index (χ0n) is 15.2. The maximum Gasteiger partial charge on any atom is 0.326 e. The quantitative estimate of drug-likeness (QED) is 0.656. The smallest absolute Gasteiger partial charge is 0.326 e. The third kappa shape index (κ3) is 3.10. The van der Waals surface area contributed by atoms with Gasteiger partial charge in [-0.2, -0.15) is 0 Å². The number of nitrogens with zero attached hydrogens (tertiary/aromatic N) is 1. The van der Waals surface area contributed by atoms with Gasteiger partial charge >= 0.3 is 5.69 Å². The zero-order valence-corrected chi connectivity index (χ0v) is 16.0. The van der Waals surface area contributed by atoms with Crippen LogP contribution >= 0.6 is 11.8 Å². The Bertz CT molecular complexity index is 1150. The Hall–Kier alpha value is -2.74. The number of benzene rings is 1. The molecule has 0 radical (unpaired) electrons. The predicted molar refractivity (Wildman–Crippen MR) is 105 cm³/mol. The summed E-state index contributed by atoms with van der Waals surface area (Å²) in [4.78, 5) is 34.6. The molecule has 0 atom stereocenters. The maximum atomic E-state index is 12.4.